The van der Waals surface area contributed by atoms with Crippen LogP contribution in [0.3, 0.4) is 0 Å². The van der Waals surface area contributed by atoms with Crippen molar-refractivity contribution < 1.29 is 25.2 Å². The number of unbranched alkanes of at least 4 members (excludes halogenated alkanes) is 26. The first-order chi connectivity index (χ1) is 26.0. The number of carbonyl (C=O) groups excluding carboxylic acids is 1. The molecule has 0 aromatic heterocycles. The molecule has 0 saturated carbocycles. The Kier molecular flexibility index (Phi) is 40.5. The molecular weight excluding hydrogens is 659 g/mol. The van der Waals surface area contributed by atoms with Gasteiger partial charge in [0.1, 0.15) is 12.2 Å². The zero-order valence-electron chi connectivity index (χ0n) is 35.0. The molecule has 4 unspecified atom stereocenters. The van der Waals surface area contributed by atoms with Crippen molar-refractivity contribution in [1.29, 1.82) is 0 Å². The van der Waals surface area contributed by atoms with Gasteiger partial charge in [0.25, 0.3) is 0 Å². The van der Waals surface area contributed by atoms with Gasteiger partial charge >= 0.3 is 0 Å². The molecule has 0 radical (unpaired) electrons. The normalized spacial score (nSPS) is 14.5. The number of carbonyl (C=O) groups is 1. The van der Waals surface area contributed by atoms with E-state index >= 15 is 0 Å². The van der Waals surface area contributed by atoms with Crippen molar-refractivity contribution >= 4 is 5.91 Å². The summed E-state index contributed by atoms with van der Waals surface area (Å²) in [4.78, 5) is 12.5. The zero-order chi connectivity index (χ0) is 38.9. The summed E-state index contributed by atoms with van der Waals surface area (Å²) < 4.78 is 0. The number of aliphatic hydroxyl groups is 4. The van der Waals surface area contributed by atoms with Crippen molar-refractivity contribution in [2.24, 2.45) is 0 Å². The van der Waals surface area contributed by atoms with E-state index < -0.39 is 36.9 Å². The van der Waals surface area contributed by atoms with Gasteiger partial charge in [0, 0.05) is 0 Å². The Bertz CT molecular complexity index is 843. The highest BCUT2D eigenvalue weighted by atomic mass is 16.3. The van der Waals surface area contributed by atoms with E-state index in [0.29, 0.717) is 19.3 Å². The number of hydrogen-bond acceptors (Lipinski definition) is 5. The van der Waals surface area contributed by atoms with Gasteiger partial charge in [-0.3, -0.25) is 4.79 Å². The van der Waals surface area contributed by atoms with Crippen LogP contribution in [0.25, 0.3) is 0 Å². The van der Waals surface area contributed by atoms with Crippen molar-refractivity contribution in [3.8, 4) is 0 Å². The lowest BCUT2D eigenvalue weighted by Gasteiger charge is -2.27. The highest BCUT2D eigenvalue weighted by Crippen LogP contribution is 2.15. The van der Waals surface area contributed by atoms with Crippen LogP contribution >= 0.6 is 0 Å². The molecule has 0 aromatic rings. The highest BCUT2D eigenvalue weighted by Gasteiger charge is 2.28. The van der Waals surface area contributed by atoms with Crippen LogP contribution < -0.4 is 5.32 Å². The Morgan fingerprint density at radius 2 is 0.792 bits per heavy atom. The molecule has 0 aliphatic rings. The van der Waals surface area contributed by atoms with Crippen molar-refractivity contribution in [3.05, 3.63) is 36.5 Å². The molecule has 6 heteroatoms. The van der Waals surface area contributed by atoms with Crippen molar-refractivity contribution in [2.45, 2.75) is 250 Å². The van der Waals surface area contributed by atoms with E-state index in [4.69, 9.17) is 0 Å². The first-order valence-electron chi connectivity index (χ1n) is 22.9. The van der Waals surface area contributed by atoms with Crippen LogP contribution in [0.1, 0.15) is 226 Å². The second-order valence-corrected chi connectivity index (χ2v) is 15.7. The molecule has 0 bridgehead atoms. The number of amides is 1. The Labute approximate surface area is 328 Å². The zero-order valence-corrected chi connectivity index (χ0v) is 35.0. The van der Waals surface area contributed by atoms with Gasteiger partial charge in [0.15, 0.2) is 0 Å². The van der Waals surface area contributed by atoms with Gasteiger partial charge in [-0.15, -0.1) is 0 Å². The Hall–Kier alpha value is -1.47. The van der Waals surface area contributed by atoms with Crippen LogP contribution in [0.15, 0.2) is 36.5 Å². The number of aliphatic hydroxyl groups excluding tert-OH is 4. The molecule has 5 N–H and O–H groups in total. The van der Waals surface area contributed by atoms with Gasteiger partial charge in [0.05, 0.1) is 18.8 Å². The maximum absolute atomic E-state index is 12.5. The molecular formula is C47H89NO5. The van der Waals surface area contributed by atoms with E-state index in [9.17, 15) is 25.2 Å². The Morgan fingerprint density at radius 1 is 0.453 bits per heavy atom. The molecule has 1 amide bonds. The summed E-state index contributed by atoms with van der Waals surface area (Å²) in [7, 11) is 0. The predicted molar refractivity (Wildman–Crippen MR) is 228 cm³/mol. The topological polar surface area (TPSA) is 110 Å². The van der Waals surface area contributed by atoms with Crippen molar-refractivity contribution in [1.82, 2.24) is 5.32 Å². The van der Waals surface area contributed by atoms with Gasteiger partial charge < -0.3 is 25.7 Å². The van der Waals surface area contributed by atoms with Gasteiger partial charge in [-0.1, -0.05) is 185 Å². The molecule has 0 aliphatic heterocycles. The van der Waals surface area contributed by atoms with Crippen LogP contribution in [0, 0.1) is 0 Å². The molecule has 0 aromatic carbocycles. The van der Waals surface area contributed by atoms with Crippen LogP contribution in [0.5, 0.6) is 0 Å². The number of allylic oxidation sites excluding steroid dienone is 6. The van der Waals surface area contributed by atoms with Gasteiger partial charge in [-0.2, -0.15) is 0 Å². The lowest BCUT2D eigenvalue weighted by Crippen LogP contribution is -2.53. The molecule has 0 saturated heterocycles. The first kappa shape index (κ1) is 51.5. The second kappa shape index (κ2) is 41.7. The maximum Gasteiger partial charge on any atom is 0.249 e. The second-order valence-electron chi connectivity index (χ2n) is 15.7. The van der Waals surface area contributed by atoms with E-state index in [-0.39, 0.29) is 0 Å². The fourth-order valence-electron chi connectivity index (χ4n) is 6.89. The Balaban J connectivity index is 3.73. The third-order valence-corrected chi connectivity index (χ3v) is 10.6. The average molecular weight is 748 g/mol. The predicted octanol–water partition coefficient (Wildman–Crippen LogP) is 12.1. The minimum atomic E-state index is -1.29. The molecule has 0 spiro atoms. The summed E-state index contributed by atoms with van der Waals surface area (Å²) >= 11 is 0. The molecule has 0 heterocycles. The fraction of sp³-hybridized carbons (Fsp3) is 0.851. The minimum absolute atomic E-state index is 0.356. The van der Waals surface area contributed by atoms with Gasteiger partial charge in [-0.25, -0.2) is 0 Å². The average Bonchev–Trinajstić information content (AvgIpc) is 3.16. The molecule has 0 rings (SSSR count). The monoisotopic (exact) mass is 748 g/mol. The van der Waals surface area contributed by atoms with E-state index in [1.807, 2.05) is 0 Å². The third-order valence-electron chi connectivity index (χ3n) is 10.6. The van der Waals surface area contributed by atoms with Crippen LogP contribution in [-0.2, 0) is 4.79 Å². The Morgan fingerprint density at radius 3 is 1.21 bits per heavy atom. The van der Waals surface area contributed by atoms with Gasteiger partial charge in [-0.05, 0) is 77.0 Å². The van der Waals surface area contributed by atoms with E-state index in [2.05, 4.69) is 55.6 Å². The first-order valence-corrected chi connectivity index (χ1v) is 22.9. The lowest BCUT2D eigenvalue weighted by atomic mass is 10.00. The summed E-state index contributed by atoms with van der Waals surface area (Å²) in [6.07, 6.45) is 49.0. The van der Waals surface area contributed by atoms with E-state index in [1.165, 1.54) is 148 Å². The third kappa shape index (κ3) is 36.0. The molecule has 0 fully saturated rings. The highest BCUT2D eigenvalue weighted by molar-refractivity contribution is 5.80. The smallest absolute Gasteiger partial charge is 0.249 e. The molecule has 312 valence electrons. The van der Waals surface area contributed by atoms with Crippen molar-refractivity contribution in [2.75, 3.05) is 6.61 Å². The van der Waals surface area contributed by atoms with Crippen LogP contribution in [-0.4, -0.2) is 57.3 Å². The van der Waals surface area contributed by atoms with Gasteiger partial charge in [0.2, 0.25) is 5.91 Å². The largest absolute Gasteiger partial charge is 0.394 e. The van der Waals surface area contributed by atoms with Crippen LogP contribution in [0.4, 0.5) is 0 Å². The fourth-order valence-corrected chi connectivity index (χ4v) is 6.89. The molecule has 0 aliphatic carbocycles. The lowest BCUT2D eigenvalue weighted by molar-refractivity contribution is -0.132. The van der Waals surface area contributed by atoms with Crippen LogP contribution in [0.2, 0.25) is 0 Å². The van der Waals surface area contributed by atoms with E-state index in [1.54, 1.807) is 0 Å². The molecule has 53 heavy (non-hydrogen) atoms. The van der Waals surface area contributed by atoms with Crippen molar-refractivity contribution in [3.63, 3.8) is 0 Å². The van der Waals surface area contributed by atoms with E-state index in [0.717, 1.165) is 44.9 Å². The SMILES string of the molecule is CCCCCC/C=C/CC/C=C/CCCC(O)C(O)C(CO)NC(=O)C(O)CCCCCCCCCC/C=C\CCCCCCCCCCCCCC. The standard InChI is InChI=1S/C47H89NO5/c1-3-5-7-9-11-13-15-17-18-19-20-21-22-23-24-25-26-27-29-31-33-35-37-39-41-45(51)47(53)48-43(42-49)46(52)44(50)40-38-36-34-32-30-28-16-14-12-10-8-6-4-2/h14,16,23-24,32,34,43-46,49-52H,3-13,15,17-22,25-31,33,35-42H2,1-2H3,(H,48,53)/b16-14+,24-23-,34-32+. The number of hydrogen-bond donors (Lipinski definition) is 5. The molecule has 6 nitrogen and oxygen atoms in total. The summed E-state index contributed by atoms with van der Waals surface area (Å²) in [5.74, 6) is -0.601. The summed E-state index contributed by atoms with van der Waals surface area (Å²) in [6.45, 7) is 4.01. The summed E-state index contributed by atoms with van der Waals surface area (Å²) in [5, 5.41) is 43.6. The summed E-state index contributed by atoms with van der Waals surface area (Å²) in [6, 6.07) is -1.01. The summed E-state index contributed by atoms with van der Waals surface area (Å²) in [5.41, 5.74) is 0. The maximum atomic E-state index is 12.5. The minimum Gasteiger partial charge on any atom is -0.394 e. The quantitative estimate of drug-likeness (QED) is 0.0316. The molecule has 4 atom stereocenters. The number of nitrogens with one attached hydrogen (secondary N) is 1. The number of rotatable bonds is 41.